The van der Waals surface area contributed by atoms with Crippen molar-refractivity contribution in [1.29, 1.82) is 0 Å². The first-order valence-corrected chi connectivity index (χ1v) is 4.66. The van der Waals surface area contributed by atoms with Crippen molar-refractivity contribution in [3.05, 3.63) is 0 Å². The first kappa shape index (κ1) is 10.5. The second kappa shape index (κ2) is 5.19. The molecule has 0 aromatic heterocycles. The van der Waals surface area contributed by atoms with E-state index >= 15 is 0 Å². The van der Waals surface area contributed by atoms with Gasteiger partial charge in [0.1, 0.15) is 6.61 Å². The van der Waals surface area contributed by atoms with Gasteiger partial charge in [-0.1, -0.05) is 0 Å². The zero-order chi connectivity index (χ0) is 9.68. The molecule has 0 aliphatic carbocycles. The Morgan fingerprint density at radius 3 is 2.69 bits per heavy atom. The van der Waals surface area contributed by atoms with E-state index in [1.54, 1.807) is 0 Å². The van der Waals surface area contributed by atoms with Gasteiger partial charge in [-0.3, -0.25) is 0 Å². The summed E-state index contributed by atoms with van der Waals surface area (Å²) in [6.45, 7) is 2.63. The van der Waals surface area contributed by atoms with Crippen molar-refractivity contribution in [2.45, 2.75) is 12.8 Å². The average Bonchev–Trinajstić information content (AvgIpc) is 2.08. The van der Waals surface area contributed by atoms with Crippen LogP contribution in [0.5, 0.6) is 0 Å². The molecule has 0 amide bonds. The van der Waals surface area contributed by atoms with Crippen molar-refractivity contribution in [3.63, 3.8) is 0 Å². The molecule has 0 aromatic carbocycles. The number of carbonyl (C=O) groups is 1. The zero-order valence-corrected chi connectivity index (χ0v) is 8.03. The Labute approximate surface area is 78.5 Å². The summed E-state index contributed by atoms with van der Waals surface area (Å²) in [5.41, 5.74) is 0. The van der Waals surface area contributed by atoms with Crippen LogP contribution in [-0.4, -0.2) is 49.3 Å². The van der Waals surface area contributed by atoms with E-state index < -0.39 is 5.97 Å². The fraction of sp³-hybridized carbons (Fsp3) is 0.889. The Morgan fingerprint density at radius 2 is 2.15 bits per heavy atom. The molecule has 1 aliphatic rings. The van der Waals surface area contributed by atoms with Gasteiger partial charge in [0.15, 0.2) is 0 Å². The molecule has 76 valence electrons. The molecule has 1 N–H and O–H groups in total. The largest absolute Gasteiger partial charge is 0.480 e. The number of hydrogen-bond acceptors (Lipinski definition) is 3. The molecule has 0 unspecified atom stereocenters. The van der Waals surface area contributed by atoms with Crippen LogP contribution in [0.1, 0.15) is 12.8 Å². The van der Waals surface area contributed by atoms with Gasteiger partial charge < -0.3 is 14.7 Å². The molecule has 0 bridgehead atoms. The van der Waals surface area contributed by atoms with E-state index in [4.69, 9.17) is 9.84 Å². The van der Waals surface area contributed by atoms with E-state index in [-0.39, 0.29) is 6.61 Å². The monoisotopic (exact) mass is 187 g/mol. The van der Waals surface area contributed by atoms with Crippen molar-refractivity contribution in [2.24, 2.45) is 5.92 Å². The molecule has 0 saturated carbocycles. The van der Waals surface area contributed by atoms with Gasteiger partial charge in [0, 0.05) is 0 Å². The van der Waals surface area contributed by atoms with Crippen LogP contribution in [0.2, 0.25) is 0 Å². The molecule has 1 saturated heterocycles. The second-order valence-corrected chi connectivity index (χ2v) is 3.66. The van der Waals surface area contributed by atoms with Crippen molar-refractivity contribution in [3.8, 4) is 0 Å². The van der Waals surface area contributed by atoms with E-state index in [0.717, 1.165) is 25.9 Å². The van der Waals surface area contributed by atoms with Crippen molar-refractivity contribution >= 4 is 5.97 Å². The Hall–Kier alpha value is -0.610. The lowest BCUT2D eigenvalue weighted by Gasteiger charge is -2.28. The Balaban J connectivity index is 2.05. The molecule has 1 fully saturated rings. The minimum atomic E-state index is -0.882. The van der Waals surface area contributed by atoms with Gasteiger partial charge in [0.25, 0.3) is 0 Å². The Morgan fingerprint density at radius 1 is 1.54 bits per heavy atom. The molecular weight excluding hydrogens is 170 g/mol. The van der Waals surface area contributed by atoms with Crippen molar-refractivity contribution in [2.75, 3.05) is 33.4 Å². The quantitative estimate of drug-likeness (QED) is 0.693. The number of piperidine rings is 1. The van der Waals surface area contributed by atoms with Gasteiger partial charge in [0.05, 0.1) is 6.61 Å². The van der Waals surface area contributed by atoms with Crippen LogP contribution in [0.15, 0.2) is 0 Å². The highest BCUT2D eigenvalue weighted by atomic mass is 16.5. The van der Waals surface area contributed by atoms with Crippen LogP contribution < -0.4 is 0 Å². The first-order chi connectivity index (χ1) is 6.18. The zero-order valence-electron chi connectivity index (χ0n) is 8.03. The molecule has 0 spiro atoms. The van der Waals surface area contributed by atoms with Crippen LogP contribution >= 0.6 is 0 Å². The lowest BCUT2D eigenvalue weighted by atomic mass is 9.98. The lowest BCUT2D eigenvalue weighted by Crippen LogP contribution is -2.32. The molecule has 0 aromatic rings. The van der Waals surface area contributed by atoms with E-state index in [0.29, 0.717) is 12.5 Å². The number of aliphatic carboxylic acids is 1. The normalized spacial score (nSPS) is 20.4. The van der Waals surface area contributed by atoms with Gasteiger partial charge >= 0.3 is 5.97 Å². The third-order valence-corrected chi connectivity index (χ3v) is 2.42. The predicted molar refractivity (Wildman–Crippen MR) is 48.7 cm³/mol. The van der Waals surface area contributed by atoms with E-state index in [1.807, 2.05) is 0 Å². The standard InChI is InChI=1S/C9H17NO3/c1-10-4-2-8(3-5-10)6-13-7-9(11)12/h8H,2-7H2,1H3,(H,11,12). The third kappa shape index (κ3) is 4.24. The number of hydrogen-bond donors (Lipinski definition) is 1. The molecule has 0 atom stereocenters. The molecule has 1 aliphatic heterocycles. The number of rotatable bonds is 4. The van der Waals surface area contributed by atoms with Crippen molar-refractivity contribution in [1.82, 2.24) is 4.90 Å². The third-order valence-electron chi connectivity index (χ3n) is 2.42. The maximum atomic E-state index is 10.2. The second-order valence-electron chi connectivity index (χ2n) is 3.66. The highest BCUT2D eigenvalue weighted by Gasteiger charge is 2.16. The van der Waals surface area contributed by atoms with E-state index in [2.05, 4.69) is 11.9 Å². The molecule has 4 heteroatoms. The van der Waals surface area contributed by atoms with Crippen molar-refractivity contribution < 1.29 is 14.6 Å². The van der Waals surface area contributed by atoms with Crippen LogP contribution in [0.4, 0.5) is 0 Å². The number of nitrogens with zero attached hydrogens (tertiary/aromatic N) is 1. The summed E-state index contributed by atoms with van der Waals surface area (Å²) in [5, 5.41) is 8.35. The maximum Gasteiger partial charge on any atom is 0.329 e. The summed E-state index contributed by atoms with van der Waals surface area (Å²) in [4.78, 5) is 12.4. The van der Waals surface area contributed by atoms with Gasteiger partial charge in [-0.05, 0) is 38.9 Å². The first-order valence-electron chi connectivity index (χ1n) is 4.66. The summed E-state index contributed by atoms with van der Waals surface area (Å²) in [6, 6.07) is 0. The molecule has 4 nitrogen and oxygen atoms in total. The van der Waals surface area contributed by atoms with Gasteiger partial charge in [0.2, 0.25) is 0 Å². The topological polar surface area (TPSA) is 49.8 Å². The fourth-order valence-electron chi connectivity index (χ4n) is 1.54. The van der Waals surface area contributed by atoms with E-state index in [9.17, 15) is 4.79 Å². The number of ether oxygens (including phenoxy) is 1. The SMILES string of the molecule is CN1CCC(COCC(=O)O)CC1. The van der Waals surface area contributed by atoms with E-state index in [1.165, 1.54) is 0 Å². The fourth-order valence-corrected chi connectivity index (χ4v) is 1.54. The van der Waals surface area contributed by atoms with Gasteiger partial charge in [-0.2, -0.15) is 0 Å². The lowest BCUT2D eigenvalue weighted by molar-refractivity contribution is -0.142. The number of carboxylic acids is 1. The Bertz CT molecular complexity index is 164. The molecule has 0 radical (unpaired) electrons. The molecule has 1 rings (SSSR count). The average molecular weight is 187 g/mol. The number of carboxylic acid groups (broad SMARTS) is 1. The minimum absolute atomic E-state index is 0.160. The highest BCUT2D eigenvalue weighted by molar-refractivity contribution is 5.67. The minimum Gasteiger partial charge on any atom is -0.480 e. The maximum absolute atomic E-state index is 10.2. The van der Waals surface area contributed by atoms with Crippen LogP contribution in [0.25, 0.3) is 0 Å². The summed E-state index contributed by atoms with van der Waals surface area (Å²) in [7, 11) is 2.11. The Kier molecular flexibility index (Phi) is 4.18. The molecule has 1 heterocycles. The summed E-state index contributed by atoms with van der Waals surface area (Å²) < 4.78 is 5.05. The predicted octanol–water partition coefficient (Wildman–Crippen LogP) is 0.429. The van der Waals surface area contributed by atoms with Gasteiger partial charge in [-0.25, -0.2) is 4.79 Å². The van der Waals surface area contributed by atoms with Gasteiger partial charge in [-0.15, -0.1) is 0 Å². The van der Waals surface area contributed by atoms with Crippen LogP contribution in [0.3, 0.4) is 0 Å². The smallest absolute Gasteiger partial charge is 0.329 e. The summed E-state index contributed by atoms with van der Waals surface area (Å²) >= 11 is 0. The molecular formula is C9H17NO3. The highest BCUT2D eigenvalue weighted by Crippen LogP contribution is 2.15. The molecule has 13 heavy (non-hydrogen) atoms. The number of likely N-dealkylation sites (tertiary alicyclic amines) is 1. The summed E-state index contributed by atoms with van der Waals surface area (Å²) in [5.74, 6) is -0.330. The van der Waals surface area contributed by atoms with Crippen LogP contribution in [0, 0.1) is 5.92 Å². The van der Waals surface area contributed by atoms with Crippen LogP contribution in [-0.2, 0) is 9.53 Å². The summed E-state index contributed by atoms with van der Waals surface area (Å²) in [6.07, 6.45) is 2.24.